The normalized spacial score (nSPS) is 12.1. The van der Waals surface area contributed by atoms with Gasteiger partial charge < -0.3 is 20.3 Å². The molecule has 0 unspecified atom stereocenters. The number of aromatic nitrogens is 3. The van der Waals surface area contributed by atoms with E-state index in [9.17, 15) is 14.7 Å². The van der Waals surface area contributed by atoms with E-state index in [1.54, 1.807) is 35.4 Å². The van der Waals surface area contributed by atoms with E-state index in [1.807, 2.05) is 84.9 Å². The van der Waals surface area contributed by atoms with Gasteiger partial charge in [0.2, 0.25) is 0 Å². The van der Waals surface area contributed by atoms with Crippen molar-refractivity contribution in [2.24, 2.45) is 0 Å². The van der Waals surface area contributed by atoms with Crippen LogP contribution >= 0.6 is 0 Å². The number of amides is 2. The summed E-state index contributed by atoms with van der Waals surface area (Å²) >= 11 is 0. The number of benzene rings is 4. The van der Waals surface area contributed by atoms with Crippen LogP contribution in [0.5, 0.6) is 5.75 Å². The first-order valence-corrected chi connectivity index (χ1v) is 14.3. The molecule has 0 atom stereocenters. The second-order valence-corrected chi connectivity index (χ2v) is 10.4. The van der Waals surface area contributed by atoms with E-state index in [0.717, 1.165) is 39.5 Å². The number of carbonyl (C=O) groups is 2. The molecule has 7 rings (SSSR count). The van der Waals surface area contributed by atoms with Crippen LogP contribution in [0.1, 0.15) is 26.4 Å². The Bertz CT molecular complexity index is 2000. The molecule has 4 aromatic carbocycles. The predicted octanol–water partition coefficient (Wildman–Crippen LogP) is 6.97. The van der Waals surface area contributed by atoms with Gasteiger partial charge in [-0.05, 0) is 53.6 Å². The number of imidazole rings is 1. The first kappa shape index (κ1) is 26.9. The van der Waals surface area contributed by atoms with E-state index in [0.29, 0.717) is 29.9 Å². The molecule has 214 valence electrons. The third kappa shape index (κ3) is 4.98. The minimum atomic E-state index is -0.362. The summed E-state index contributed by atoms with van der Waals surface area (Å²) in [7, 11) is 0. The van der Waals surface area contributed by atoms with Crippen molar-refractivity contribution >= 4 is 23.2 Å². The average Bonchev–Trinajstić information content (AvgIpc) is 3.44. The van der Waals surface area contributed by atoms with Crippen molar-refractivity contribution in [1.29, 1.82) is 0 Å². The molecule has 44 heavy (non-hydrogen) atoms. The van der Waals surface area contributed by atoms with Crippen LogP contribution in [0, 0.1) is 0 Å². The van der Waals surface area contributed by atoms with Gasteiger partial charge in [-0.3, -0.25) is 14.6 Å². The summed E-state index contributed by atoms with van der Waals surface area (Å²) in [6, 6.07) is 34.9. The van der Waals surface area contributed by atoms with Crippen LogP contribution in [-0.4, -0.2) is 38.4 Å². The van der Waals surface area contributed by atoms with Gasteiger partial charge >= 0.3 is 0 Å². The van der Waals surface area contributed by atoms with Crippen LogP contribution < -0.4 is 10.2 Å². The van der Waals surface area contributed by atoms with E-state index in [2.05, 4.69) is 15.3 Å². The van der Waals surface area contributed by atoms with E-state index >= 15 is 0 Å². The van der Waals surface area contributed by atoms with E-state index < -0.39 is 0 Å². The number of phenols is 1. The number of nitrogens with zero attached hydrogens (tertiary/aromatic N) is 3. The van der Waals surface area contributed by atoms with Gasteiger partial charge in [0.1, 0.15) is 11.4 Å². The molecule has 2 amide bonds. The van der Waals surface area contributed by atoms with Crippen molar-refractivity contribution in [2.45, 2.75) is 6.42 Å². The monoisotopic (exact) mass is 577 g/mol. The SMILES string of the molecule is O=C(Nc1ccc(C(=O)N2CCc3nc(-c4ccccn4)[nH]c3-c3ccccc32)cc1O)c1ccccc1-c1ccccc1. The smallest absolute Gasteiger partial charge is 0.258 e. The summed E-state index contributed by atoms with van der Waals surface area (Å²) in [4.78, 5) is 41.5. The van der Waals surface area contributed by atoms with Crippen LogP contribution in [0.4, 0.5) is 11.4 Å². The lowest BCUT2D eigenvalue weighted by molar-refractivity contribution is 0.0986. The van der Waals surface area contributed by atoms with Gasteiger partial charge in [0, 0.05) is 35.9 Å². The largest absolute Gasteiger partial charge is 0.506 e. The number of hydrogen-bond acceptors (Lipinski definition) is 5. The summed E-state index contributed by atoms with van der Waals surface area (Å²) in [6.45, 7) is 0.394. The Balaban J connectivity index is 1.15. The molecule has 1 aliphatic heterocycles. The Morgan fingerprint density at radius 1 is 0.818 bits per heavy atom. The number of phenolic OH excluding ortho intramolecular Hbond substituents is 1. The minimum Gasteiger partial charge on any atom is -0.506 e. The molecular formula is C36H27N5O3. The fraction of sp³-hybridized carbons (Fsp3) is 0.0556. The molecule has 0 aliphatic carbocycles. The molecule has 0 fully saturated rings. The Hall–Kier alpha value is -6.02. The molecule has 0 saturated carbocycles. The van der Waals surface area contributed by atoms with Crippen molar-refractivity contribution in [3.8, 4) is 39.7 Å². The fourth-order valence-corrected chi connectivity index (χ4v) is 5.57. The fourth-order valence-electron chi connectivity index (χ4n) is 5.57. The molecule has 1 aliphatic rings. The number of carbonyl (C=O) groups excluding carboxylic acids is 2. The molecule has 0 bridgehead atoms. The molecule has 0 saturated heterocycles. The molecular weight excluding hydrogens is 550 g/mol. The zero-order chi connectivity index (χ0) is 30.0. The zero-order valence-corrected chi connectivity index (χ0v) is 23.6. The topological polar surface area (TPSA) is 111 Å². The lowest BCUT2D eigenvalue weighted by Crippen LogP contribution is -2.32. The number of para-hydroxylation sites is 1. The molecule has 0 radical (unpaired) electrons. The summed E-state index contributed by atoms with van der Waals surface area (Å²) in [5, 5.41) is 13.7. The van der Waals surface area contributed by atoms with Crippen molar-refractivity contribution < 1.29 is 14.7 Å². The molecule has 3 N–H and O–H groups in total. The van der Waals surface area contributed by atoms with E-state index in [4.69, 9.17) is 4.98 Å². The number of aromatic amines is 1. The van der Waals surface area contributed by atoms with Gasteiger partial charge in [-0.2, -0.15) is 0 Å². The van der Waals surface area contributed by atoms with Gasteiger partial charge in [0.15, 0.2) is 5.82 Å². The molecule has 8 heteroatoms. The lowest BCUT2D eigenvalue weighted by atomic mass is 9.99. The Kier molecular flexibility index (Phi) is 6.92. The third-order valence-corrected chi connectivity index (χ3v) is 7.72. The molecule has 6 aromatic rings. The average molecular weight is 578 g/mol. The molecule has 0 spiro atoms. The number of pyridine rings is 1. The Morgan fingerprint density at radius 2 is 1.57 bits per heavy atom. The summed E-state index contributed by atoms with van der Waals surface area (Å²) in [5.41, 5.74) is 6.73. The number of H-pyrrole nitrogens is 1. The third-order valence-electron chi connectivity index (χ3n) is 7.72. The van der Waals surface area contributed by atoms with Crippen LogP contribution in [0.3, 0.4) is 0 Å². The standard InChI is InChI=1S/C36H27N5O3/c42-32-22-24(17-18-28(32)39-35(43)26-13-5-4-12-25(26)23-10-2-1-3-11-23)36(44)41-21-19-29-33(27-14-6-7-16-31(27)41)40-34(38-29)30-15-8-9-20-37-30/h1-18,20,22,42H,19,21H2,(H,38,40)(H,39,43). The second kappa shape index (κ2) is 11.3. The highest BCUT2D eigenvalue weighted by atomic mass is 16.3. The predicted molar refractivity (Wildman–Crippen MR) is 171 cm³/mol. The number of aromatic hydroxyl groups is 1. The van der Waals surface area contributed by atoms with Crippen molar-refractivity contribution in [3.63, 3.8) is 0 Å². The molecule has 2 aromatic heterocycles. The highest BCUT2D eigenvalue weighted by Crippen LogP contribution is 2.37. The van der Waals surface area contributed by atoms with Gasteiger partial charge in [-0.1, -0.05) is 72.8 Å². The maximum Gasteiger partial charge on any atom is 0.258 e. The van der Waals surface area contributed by atoms with E-state index in [1.165, 1.54) is 6.07 Å². The quantitative estimate of drug-likeness (QED) is 0.192. The van der Waals surface area contributed by atoms with Gasteiger partial charge in [0.25, 0.3) is 11.8 Å². The number of anilines is 2. The Morgan fingerprint density at radius 3 is 2.36 bits per heavy atom. The highest BCUT2D eigenvalue weighted by molar-refractivity contribution is 6.11. The number of hydrogen-bond donors (Lipinski definition) is 3. The van der Waals surface area contributed by atoms with E-state index in [-0.39, 0.29) is 23.3 Å². The zero-order valence-electron chi connectivity index (χ0n) is 23.6. The number of rotatable bonds is 5. The minimum absolute atomic E-state index is 0.198. The van der Waals surface area contributed by atoms with Gasteiger partial charge in [-0.25, -0.2) is 4.98 Å². The van der Waals surface area contributed by atoms with Crippen molar-refractivity contribution in [1.82, 2.24) is 15.0 Å². The van der Waals surface area contributed by atoms with Gasteiger partial charge in [-0.15, -0.1) is 0 Å². The maximum absolute atomic E-state index is 13.9. The molecule has 8 nitrogen and oxygen atoms in total. The van der Waals surface area contributed by atoms with Crippen LogP contribution in [-0.2, 0) is 6.42 Å². The summed E-state index contributed by atoms with van der Waals surface area (Å²) < 4.78 is 0. The van der Waals surface area contributed by atoms with Crippen LogP contribution in [0.25, 0.3) is 33.9 Å². The van der Waals surface area contributed by atoms with Gasteiger partial charge in [0.05, 0.1) is 22.8 Å². The highest BCUT2D eigenvalue weighted by Gasteiger charge is 2.28. The number of nitrogens with one attached hydrogen (secondary N) is 2. The summed E-state index contributed by atoms with van der Waals surface area (Å²) in [6.07, 6.45) is 2.26. The second-order valence-electron chi connectivity index (χ2n) is 10.4. The van der Waals surface area contributed by atoms with Crippen molar-refractivity contribution in [3.05, 3.63) is 138 Å². The Labute approximate surface area is 253 Å². The maximum atomic E-state index is 13.9. The lowest BCUT2D eigenvalue weighted by Gasteiger charge is -2.23. The number of fused-ring (bicyclic) bond motifs is 3. The summed E-state index contributed by atoms with van der Waals surface area (Å²) in [5.74, 6) is -0.148. The first-order valence-electron chi connectivity index (χ1n) is 14.3. The van der Waals surface area contributed by atoms with Crippen molar-refractivity contribution in [2.75, 3.05) is 16.8 Å². The van der Waals surface area contributed by atoms with Crippen LogP contribution in [0.15, 0.2) is 121 Å². The van der Waals surface area contributed by atoms with Crippen LogP contribution in [0.2, 0.25) is 0 Å². The first-order chi connectivity index (χ1) is 21.6. The molecule has 3 heterocycles.